The van der Waals surface area contributed by atoms with Gasteiger partial charge >= 0.3 is 8.60 Å². The summed E-state index contributed by atoms with van der Waals surface area (Å²) in [4.78, 5) is 0. The van der Waals surface area contributed by atoms with Crippen molar-refractivity contribution in [1.82, 2.24) is 0 Å². The smallest absolute Gasteiger partial charge is 0.312 e. The third-order valence-electron chi connectivity index (χ3n) is 1.03. The molecule has 66 valence electrons. The van der Waals surface area contributed by atoms with E-state index in [1.807, 2.05) is 20.8 Å². The van der Waals surface area contributed by atoms with Gasteiger partial charge in [-0.15, -0.1) is 0 Å². The average molecular weight is 178 g/mol. The van der Waals surface area contributed by atoms with Crippen molar-refractivity contribution in [2.75, 3.05) is 13.2 Å². The van der Waals surface area contributed by atoms with E-state index in [1.54, 1.807) is 0 Å². The maximum atomic E-state index is 5.50. The summed E-state index contributed by atoms with van der Waals surface area (Å²) < 4.78 is 16.0. The van der Waals surface area contributed by atoms with E-state index in [0.29, 0.717) is 0 Å². The van der Waals surface area contributed by atoms with Crippen LogP contribution >= 0.6 is 8.60 Å². The Morgan fingerprint density at radius 1 is 1.18 bits per heavy atom. The average Bonchev–Trinajstić information content (AvgIpc) is 1.85. The first-order valence-electron chi connectivity index (χ1n) is 3.83. The third kappa shape index (κ3) is 4.02. The third-order valence-corrected chi connectivity index (χ3v) is 2.51. The van der Waals surface area contributed by atoms with Crippen LogP contribution < -0.4 is 0 Å². The summed E-state index contributed by atoms with van der Waals surface area (Å²) in [5, 5.41) is 0. The monoisotopic (exact) mass is 178 g/mol. The molecule has 4 heteroatoms. The molecule has 0 saturated carbocycles. The maximum Gasteiger partial charge on any atom is 0.333 e. The van der Waals surface area contributed by atoms with Gasteiger partial charge in [0.2, 0.25) is 0 Å². The number of hydrogen-bond acceptors (Lipinski definition) is 3. The zero-order valence-corrected chi connectivity index (χ0v) is 8.19. The zero-order chi connectivity index (χ0) is 8.32. The first kappa shape index (κ1) is 9.40. The standard InChI is InChI=1S/C7H15O3P/c1-7(2,3)10-11-8-5-4-6-9-11/h4-6H2,1-3H3. The molecule has 0 radical (unpaired) electrons. The minimum absolute atomic E-state index is 0.164. The Labute approximate surface area is 69.0 Å². The van der Waals surface area contributed by atoms with Crippen LogP contribution in [0.1, 0.15) is 27.2 Å². The van der Waals surface area contributed by atoms with Crippen LogP contribution in [0.4, 0.5) is 0 Å². The molecule has 0 aromatic carbocycles. The Hall–Kier alpha value is 0.310. The first-order valence-corrected chi connectivity index (χ1v) is 4.92. The van der Waals surface area contributed by atoms with Crippen LogP contribution in [-0.4, -0.2) is 18.8 Å². The van der Waals surface area contributed by atoms with E-state index >= 15 is 0 Å². The summed E-state index contributed by atoms with van der Waals surface area (Å²) in [5.41, 5.74) is -0.164. The number of hydrogen-bond donors (Lipinski definition) is 0. The minimum atomic E-state index is -1.06. The Morgan fingerprint density at radius 3 is 2.18 bits per heavy atom. The molecule has 0 aliphatic carbocycles. The van der Waals surface area contributed by atoms with Crippen LogP contribution in [0.15, 0.2) is 0 Å². The second-order valence-corrected chi connectivity index (χ2v) is 4.59. The molecule has 1 fully saturated rings. The number of rotatable bonds is 1. The lowest BCUT2D eigenvalue weighted by Gasteiger charge is -2.27. The lowest BCUT2D eigenvalue weighted by Crippen LogP contribution is -2.19. The van der Waals surface area contributed by atoms with E-state index < -0.39 is 8.60 Å². The second kappa shape index (κ2) is 3.81. The Bertz CT molecular complexity index is 115. The predicted molar refractivity (Wildman–Crippen MR) is 44.3 cm³/mol. The predicted octanol–water partition coefficient (Wildman–Crippen LogP) is 2.47. The van der Waals surface area contributed by atoms with E-state index in [1.165, 1.54) is 0 Å². The van der Waals surface area contributed by atoms with Gasteiger partial charge in [0, 0.05) is 0 Å². The topological polar surface area (TPSA) is 27.7 Å². The molecular formula is C7H15O3P. The van der Waals surface area contributed by atoms with Gasteiger partial charge in [0.15, 0.2) is 0 Å². The molecule has 1 rings (SSSR count). The van der Waals surface area contributed by atoms with E-state index in [0.717, 1.165) is 19.6 Å². The molecule has 1 saturated heterocycles. The maximum absolute atomic E-state index is 5.50. The van der Waals surface area contributed by atoms with Crippen LogP contribution in [0.5, 0.6) is 0 Å². The van der Waals surface area contributed by atoms with Gasteiger partial charge in [-0.2, -0.15) is 0 Å². The molecule has 11 heavy (non-hydrogen) atoms. The molecule has 3 nitrogen and oxygen atoms in total. The van der Waals surface area contributed by atoms with E-state index in [4.69, 9.17) is 13.6 Å². The molecule has 0 N–H and O–H groups in total. The molecule has 0 spiro atoms. The minimum Gasteiger partial charge on any atom is -0.312 e. The van der Waals surface area contributed by atoms with Crippen molar-refractivity contribution in [3.05, 3.63) is 0 Å². The van der Waals surface area contributed by atoms with Crippen LogP contribution in [0, 0.1) is 0 Å². The van der Waals surface area contributed by atoms with Crippen LogP contribution in [0.2, 0.25) is 0 Å². The normalized spacial score (nSPS) is 22.1. The molecule has 1 aliphatic rings. The van der Waals surface area contributed by atoms with Gasteiger partial charge in [-0.05, 0) is 27.2 Å². The van der Waals surface area contributed by atoms with Gasteiger partial charge in [0.1, 0.15) is 0 Å². The van der Waals surface area contributed by atoms with E-state index in [9.17, 15) is 0 Å². The van der Waals surface area contributed by atoms with Crippen LogP contribution in [0.3, 0.4) is 0 Å². The van der Waals surface area contributed by atoms with Gasteiger partial charge in [0.05, 0.1) is 18.8 Å². The van der Waals surface area contributed by atoms with Gasteiger partial charge in [-0.25, -0.2) is 0 Å². The molecule has 0 aromatic heterocycles. The summed E-state index contributed by atoms with van der Waals surface area (Å²) in [6.07, 6.45) is 0.979. The van der Waals surface area contributed by atoms with Crippen LogP contribution in [0.25, 0.3) is 0 Å². The first-order chi connectivity index (χ1) is 5.08. The van der Waals surface area contributed by atoms with E-state index in [2.05, 4.69) is 0 Å². The molecule has 0 amide bonds. The fourth-order valence-electron chi connectivity index (χ4n) is 0.651. The summed E-state index contributed by atoms with van der Waals surface area (Å²) >= 11 is 0. The Kier molecular flexibility index (Phi) is 3.26. The lowest BCUT2D eigenvalue weighted by atomic mass is 10.2. The van der Waals surface area contributed by atoms with Gasteiger partial charge < -0.3 is 13.6 Å². The second-order valence-electron chi connectivity index (χ2n) is 3.45. The molecule has 0 atom stereocenters. The van der Waals surface area contributed by atoms with Gasteiger partial charge in [0.25, 0.3) is 0 Å². The molecular weight excluding hydrogens is 163 g/mol. The van der Waals surface area contributed by atoms with Crippen molar-refractivity contribution in [1.29, 1.82) is 0 Å². The van der Waals surface area contributed by atoms with Crippen molar-refractivity contribution in [3.8, 4) is 0 Å². The summed E-state index contributed by atoms with van der Waals surface area (Å²) in [7, 11) is -1.06. The van der Waals surface area contributed by atoms with Crippen molar-refractivity contribution >= 4 is 8.60 Å². The highest BCUT2D eigenvalue weighted by Gasteiger charge is 2.23. The highest BCUT2D eigenvalue weighted by atomic mass is 31.2. The molecule has 0 bridgehead atoms. The summed E-state index contributed by atoms with van der Waals surface area (Å²) in [6.45, 7) is 7.52. The Balaban J connectivity index is 2.24. The lowest BCUT2D eigenvalue weighted by molar-refractivity contribution is 0.0536. The summed E-state index contributed by atoms with van der Waals surface area (Å²) in [5.74, 6) is 0. The fourth-order valence-corrected chi connectivity index (χ4v) is 1.83. The van der Waals surface area contributed by atoms with Crippen molar-refractivity contribution in [2.24, 2.45) is 0 Å². The van der Waals surface area contributed by atoms with E-state index in [-0.39, 0.29) is 5.60 Å². The fraction of sp³-hybridized carbons (Fsp3) is 1.00. The van der Waals surface area contributed by atoms with Crippen molar-refractivity contribution in [3.63, 3.8) is 0 Å². The SMILES string of the molecule is CC(C)(C)OP1OCCCO1. The van der Waals surface area contributed by atoms with Gasteiger partial charge in [-0.3, -0.25) is 0 Å². The van der Waals surface area contributed by atoms with Gasteiger partial charge in [-0.1, -0.05) is 0 Å². The van der Waals surface area contributed by atoms with Crippen molar-refractivity contribution in [2.45, 2.75) is 32.8 Å². The quantitative estimate of drug-likeness (QED) is 0.577. The van der Waals surface area contributed by atoms with Crippen molar-refractivity contribution < 1.29 is 13.6 Å². The molecule has 1 aliphatic heterocycles. The highest BCUT2D eigenvalue weighted by molar-refractivity contribution is 7.41. The largest absolute Gasteiger partial charge is 0.333 e. The highest BCUT2D eigenvalue weighted by Crippen LogP contribution is 2.45. The van der Waals surface area contributed by atoms with Crippen LogP contribution in [-0.2, 0) is 13.6 Å². The molecule has 1 heterocycles. The Morgan fingerprint density at radius 2 is 1.73 bits per heavy atom. The zero-order valence-electron chi connectivity index (χ0n) is 7.29. The molecule has 0 aromatic rings. The molecule has 0 unspecified atom stereocenters. The summed E-state index contributed by atoms with van der Waals surface area (Å²) in [6, 6.07) is 0.